The Morgan fingerprint density at radius 3 is 0.904 bits per heavy atom. The van der Waals surface area contributed by atoms with Gasteiger partial charge in [0.2, 0.25) is 0 Å². The van der Waals surface area contributed by atoms with E-state index in [0.29, 0.717) is 17.4 Å². The first-order valence-corrected chi connectivity index (χ1v) is 41.0. The van der Waals surface area contributed by atoms with Gasteiger partial charge in [0.25, 0.3) is 6.29 Å². The summed E-state index contributed by atoms with van der Waals surface area (Å²) in [5.41, 5.74) is 0. The van der Waals surface area contributed by atoms with Crippen LogP contribution in [0.2, 0.25) is 0 Å². The van der Waals surface area contributed by atoms with Gasteiger partial charge >= 0.3 is 17.9 Å². The third-order valence-corrected chi connectivity index (χ3v) is 18.5. The third kappa shape index (κ3) is 76.4. The van der Waals surface area contributed by atoms with Crippen molar-refractivity contribution in [3.63, 3.8) is 0 Å². The van der Waals surface area contributed by atoms with Crippen molar-refractivity contribution < 1.29 is 42.9 Å². The summed E-state index contributed by atoms with van der Waals surface area (Å²) in [7, 11) is 6.00. The molecule has 0 aromatic heterocycles. The van der Waals surface area contributed by atoms with Crippen molar-refractivity contribution in [1.82, 2.24) is 0 Å². The summed E-state index contributed by atoms with van der Waals surface area (Å²) >= 11 is 0. The Balaban J connectivity index is 3.95. The zero-order valence-corrected chi connectivity index (χ0v) is 63.1. The van der Waals surface area contributed by atoms with E-state index in [9.17, 15) is 19.5 Å². The molecule has 9 heteroatoms. The third-order valence-electron chi connectivity index (χ3n) is 18.5. The van der Waals surface area contributed by atoms with Crippen molar-refractivity contribution >= 4 is 17.9 Å². The number of allylic oxidation sites excluding steroid dienone is 10. The quantitative estimate of drug-likeness (QED) is 0.0211. The Bertz CT molecular complexity index is 1730. The molecule has 0 fully saturated rings. The van der Waals surface area contributed by atoms with Gasteiger partial charge in [-0.25, -0.2) is 4.79 Å². The largest absolute Gasteiger partial charge is 0.477 e. The average Bonchev–Trinajstić information content (AvgIpc) is 3.76. The van der Waals surface area contributed by atoms with Gasteiger partial charge in [-0.15, -0.1) is 0 Å². The van der Waals surface area contributed by atoms with E-state index in [1.165, 1.54) is 308 Å². The van der Waals surface area contributed by atoms with E-state index >= 15 is 0 Å². The molecule has 0 aliphatic rings. The minimum Gasteiger partial charge on any atom is -0.477 e. The number of likely N-dealkylation sites (N-methyl/N-ethyl adjacent to an activating group) is 1. The molecule has 0 radical (unpaired) electrons. The summed E-state index contributed by atoms with van der Waals surface area (Å²) < 4.78 is 23.1. The fourth-order valence-corrected chi connectivity index (χ4v) is 12.3. The lowest BCUT2D eigenvalue weighted by Gasteiger charge is -2.25. The predicted octanol–water partition coefficient (Wildman–Crippen LogP) is 26.2. The van der Waals surface area contributed by atoms with Crippen LogP contribution in [0.1, 0.15) is 406 Å². The lowest BCUT2D eigenvalue weighted by molar-refractivity contribution is -0.870. The minimum atomic E-state index is -1.51. The topological polar surface area (TPSA) is 108 Å². The number of carbonyl (C=O) groups is 3. The molecule has 2 unspecified atom stereocenters. The van der Waals surface area contributed by atoms with Crippen molar-refractivity contribution in [2.24, 2.45) is 0 Å². The molecule has 9 nitrogen and oxygen atoms in total. The fourth-order valence-electron chi connectivity index (χ4n) is 12.3. The lowest BCUT2D eigenvalue weighted by Crippen LogP contribution is -2.40. The number of carboxylic acid groups (broad SMARTS) is 1. The number of esters is 2. The molecule has 2 atom stereocenters. The minimum absolute atomic E-state index is 0.175. The number of hydrogen-bond acceptors (Lipinski definition) is 7. The number of hydrogen-bond donors (Lipinski definition) is 1. The van der Waals surface area contributed by atoms with Gasteiger partial charge in [-0.1, -0.05) is 396 Å². The summed E-state index contributed by atoms with van der Waals surface area (Å²) in [6, 6.07) is 0. The molecule has 0 amide bonds. The first-order chi connectivity index (χ1) is 46.1. The molecule has 0 rings (SSSR count). The highest BCUT2D eigenvalue weighted by Gasteiger charge is 2.25. The zero-order valence-electron chi connectivity index (χ0n) is 63.1. The van der Waals surface area contributed by atoms with E-state index in [1.807, 2.05) is 21.1 Å². The number of ether oxygens (including phenoxy) is 4. The predicted molar refractivity (Wildman–Crippen MR) is 406 cm³/mol. The molecule has 0 aromatic rings. The van der Waals surface area contributed by atoms with Gasteiger partial charge in [-0.05, 0) is 57.8 Å². The van der Waals surface area contributed by atoms with Gasteiger partial charge in [0.1, 0.15) is 13.2 Å². The van der Waals surface area contributed by atoms with E-state index in [0.717, 1.165) is 70.6 Å². The number of carboxylic acids is 1. The van der Waals surface area contributed by atoms with Crippen molar-refractivity contribution in [2.45, 2.75) is 418 Å². The van der Waals surface area contributed by atoms with Crippen LogP contribution in [0.4, 0.5) is 0 Å². The second-order valence-electron chi connectivity index (χ2n) is 29.1. The smallest absolute Gasteiger partial charge is 0.361 e. The molecule has 0 spiro atoms. The van der Waals surface area contributed by atoms with Gasteiger partial charge in [-0.3, -0.25) is 9.59 Å². The van der Waals surface area contributed by atoms with Crippen LogP contribution < -0.4 is 0 Å². The molecule has 550 valence electrons. The molecule has 0 heterocycles. The maximum absolute atomic E-state index is 13.0. The van der Waals surface area contributed by atoms with Crippen LogP contribution in [-0.2, 0) is 33.3 Å². The first-order valence-electron chi connectivity index (χ1n) is 41.0. The molecule has 94 heavy (non-hydrogen) atoms. The van der Waals surface area contributed by atoms with E-state index in [-0.39, 0.29) is 38.2 Å². The van der Waals surface area contributed by atoms with Gasteiger partial charge in [0.15, 0.2) is 6.10 Å². The van der Waals surface area contributed by atoms with E-state index in [2.05, 4.69) is 74.6 Å². The number of carbonyl (C=O) groups excluding carboxylic acids is 2. The van der Waals surface area contributed by atoms with Crippen LogP contribution in [-0.4, -0.2) is 87.4 Å². The van der Waals surface area contributed by atoms with Crippen LogP contribution in [0.15, 0.2) is 60.8 Å². The second-order valence-corrected chi connectivity index (χ2v) is 29.1. The zero-order chi connectivity index (χ0) is 68.2. The molecule has 1 N–H and O–H groups in total. The number of nitrogens with zero attached hydrogens (tertiary/aromatic N) is 1. The summed E-state index contributed by atoms with van der Waals surface area (Å²) in [4.78, 5) is 37.8. The van der Waals surface area contributed by atoms with Crippen molar-refractivity contribution in [3.05, 3.63) is 60.8 Å². The molecule has 0 saturated carbocycles. The Hall–Kier alpha value is -3.01. The monoisotopic (exact) mass is 1320 g/mol. The fraction of sp³-hybridized carbons (Fsp3) is 0.847. The highest BCUT2D eigenvalue weighted by atomic mass is 16.7. The van der Waals surface area contributed by atoms with E-state index in [1.54, 1.807) is 0 Å². The van der Waals surface area contributed by atoms with E-state index in [4.69, 9.17) is 18.9 Å². The van der Waals surface area contributed by atoms with Crippen molar-refractivity contribution in [3.8, 4) is 0 Å². The standard InChI is InChI=1S/C85H157NO8/c1-6-8-10-12-14-16-18-20-22-24-26-28-30-32-34-36-38-39-40-41-42-43-44-45-46-48-50-52-54-56-58-60-62-64-66-68-70-72-74-76-83(88)94-81(80-93-85(84(89)90)91-78-77-86(3,4)5)79-92-82(87)75-73-71-69-67-65-63-61-59-57-55-53-51-49-47-37-35-33-31-29-27-25-23-21-19-17-15-13-11-9-7-2/h8,10,14,16,20,22,26,28,32,34,81,85H,6-7,9,11-13,15,17-19,21,23-25,27,29-31,33,35-80H2,1-5H3/p+1/b10-8-,16-14-,22-20-,28-26-,34-32-. The molecule has 0 aromatic carbocycles. The summed E-state index contributed by atoms with van der Waals surface area (Å²) in [5, 5.41) is 9.78. The van der Waals surface area contributed by atoms with Crippen LogP contribution in [0, 0.1) is 0 Å². The normalized spacial score (nSPS) is 12.9. The average molecular weight is 1320 g/mol. The Morgan fingerprint density at radius 2 is 0.606 bits per heavy atom. The van der Waals surface area contributed by atoms with Gasteiger partial charge in [0, 0.05) is 12.8 Å². The van der Waals surface area contributed by atoms with E-state index < -0.39 is 18.4 Å². The Labute approximate surface area is 584 Å². The maximum Gasteiger partial charge on any atom is 0.361 e. The highest BCUT2D eigenvalue weighted by molar-refractivity contribution is 5.71. The first kappa shape index (κ1) is 91.0. The Kier molecular flexibility index (Phi) is 73.3. The maximum atomic E-state index is 13.0. The molecule has 0 saturated heterocycles. The second kappa shape index (κ2) is 75.8. The summed E-state index contributed by atoms with van der Waals surface area (Å²) in [6.07, 6.45) is 98.2. The number of unbranched alkanes of at least 4 members (excludes halogenated alkanes) is 52. The van der Waals surface area contributed by atoms with Gasteiger partial charge in [0.05, 0.1) is 34.4 Å². The summed E-state index contributed by atoms with van der Waals surface area (Å²) in [5.74, 6) is -1.97. The van der Waals surface area contributed by atoms with Crippen LogP contribution in [0.25, 0.3) is 0 Å². The van der Waals surface area contributed by atoms with Crippen LogP contribution in [0.5, 0.6) is 0 Å². The molecule has 0 bridgehead atoms. The van der Waals surface area contributed by atoms with Crippen LogP contribution >= 0.6 is 0 Å². The number of quaternary nitrogens is 1. The highest BCUT2D eigenvalue weighted by Crippen LogP contribution is 2.20. The summed E-state index contributed by atoms with van der Waals surface area (Å²) in [6.45, 7) is 4.84. The van der Waals surface area contributed by atoms with Gasteiger partial charge in [-0.2, -0.15) is 0 Å². The van der Waals surface area contributed by atoms with Crippen molar-refractivity contribution in [1.29, 1.82) is 0 Å². The van der Waals surface area contributed by atoms with Crippen LogP contribution in [0.3, 0.4) is 0 Å². The molecular weight excluding hydrogens is 1160 g/mol. The molecule has 0 aliphatic heterocycles. The van der Waals surface area contributed by atoms with Crippen molar-refractivity contribution in [2.75, 3.05) is 47.5 Å². The number of rotatable bonds is 77. The molecular formula is C85H158NO8+. The van der Waals surface area contributed by atoms with Gasteiger partial charge < -0.3 is 28.5 Å². The molecule has 0 aliphatic carbocycles. The SMILES string of the molecule is CC/C=C\C/C=C\C/C=C\C/C=C\C/C=C\CCCCCCCCCCCCCCCCCCCCCCCCCC(=O)OC(COC(=O)CCCCCCCCCCCCCCCCCCCCCCCCCCCCCCCC)COC(OCC[N+](C)(C)C)C(=O)O. The number of aliphatic carboxylic acids is 1. The lowest BCUT2D eigenvalue weighted by atomic mass is 10.0. The Morgan fingerprint density at radius 1 is 0.330 bits per heavy atom.